The van der Waals surface area contributed by atoms with Gasteiger partial charge in [0.1, 0.15) is 0 Å². The second kappa shape index (κ2) is 7.66. The van der Waals surface area contributed by atoms with Crippen molar-refractivity contribution in [3.63, 3.8) is 0 Å². The van der Waals surface area contributed by atoms with Gasteiger partial charge in [-0.25, -0.2) is 0 Å². The van der Waals surface area contributed by atoms with Crippen molar-refractivity contribution in [2.24, 2.45) is 5.92 Å². The lowest BCUT2D eigenvalue weighted by atomic mass is 9.99. The summed E-state index contributed by atoms with van der Waals surface area (Å²) >= 11 is 0. The smallest absolute Gasteiger partial charge is 0.0202 e. The predicted molar refractivity (Wildman–Crippen MR) is 51.4 cm³/mol. The maximum absolute atomic E-state index is 3.32. The van der Waals surface area contributed by atoms with Crippen molar-refractivity contribution in [1.29, 1.82) is 0 Å². The topological polar surface area (TPSA) is 0 Å². The summed E-state index contributed by atoms with van der Waals surface area (Å²) in [4.78, 5) is 0. The molecule has 0 saturated carbocycles. The van der Waals surface area contributed by atoms with Gasteiger partial charge in [0.15, 0.2) is 0 Å². The summed E-state index contributed by atoms with van der Waals surface area (Å²) in [5, 5.41) is 0. The highest BCUT2D eigenvalue weighted by Gasteiger charge is 2.00. The first-order chi connectivity index (χ1) is 5.35. The quantitative estimate of drug-likeness (QED) is 0.540. The Morgan fingerprint density at radius 3 is 1.91 bits per heavy atom. The maximum atomic E-state index is 3.32. The molecule has 0 aromatic rings. The molecule has 0 heteroatoms. The molecule has 0 aliphatic rings. The van der Waals surface area contributed by atoms with E-state index >= 15 is 0 Å². The van der Waals surface area contributed by atoms with E-state index in [0.717, 1.165) is 6.42 Å². The van der Waals surface area contributed by atoms with Gasteiger partial charge in [0, 0.05) is 12.3 Å². The number of hydrogen-bond acceptors (Lipinski definition) is 0. The van der Waals surface area contributed by atoms with Crippen LogP contribution < -0.4 is 0 Å². The van der Waals surface area contributed by atoms with Crippen LogP contribution in [0.15, 0.2) is 0 Å². The van der Waals surface area contributed by atoms with Gasteiger partial charge in [0.05, 0.1) is 0 Å². The molecule has 0 unspecified atom stereocenters. The minimum Gasteiger partial charge on any atom is -0.103 e. The van der Waals surface area contributed by atoms with Crippen LogP contribution in [0.1, 0.15) is 52.9 Å². The van der Waals surface area contributed by atoms with E-state index in [1.165, 1.54) is 25.7 Å². The second-order valence-electron chi connectivity index (χ2n) is 2.95. The van der Waals surface area contributed by atoms with Crippen molar-refractivity contribution in [1.82, 2.24) is 0 Å². The Labute approximate surface area is 71.4 Å². The first-order valence-corrected chi connectivity index (χ1v) is 4.83. The molecule has 11 heavy (non-hydrogen) atoms. The molecule has 0 aliphatic carbocycles. The van der Waals surface area contributed by atoms with E-state index in [0.29, 0.717) is 5.92 Å². The highest BCUT2D eigenvalue weighted by atomic mass is 14.0. The zero-order chi connectivity index (χ0) is 8.53. The molecule has 0 spiro atoms. The predicted octanol–water partition coefficient (Wildman–Crippen LogP) is 3.62. The van der Waals surface area contributed by atoms with Crippen LogP contribution in [0.2, 0.25) is 0 Å². The largest absolute Gasteiger partial charge is 0.103 e. The van der Waals surface area contributed by atoms with E-state index in [1.807, 2.05) is 0 Å². The Kier molecular flexibility index (Phi) is 7.36. The third-order valence-corrected chi connectivity index (χ3v) is 1.76. The molecule has 0 amide bonds. The lowest BCUT2D eigenvalue weighted by Crippen LogP contribution is -1.95. The van der Waals surface area contributed by atoms with Crippen molar-refractivity contribution in [2.45, 2.75) is 52.9 Å². The summed E-state index contributed by atoms with van der Waals surface area (Å²) in [5.41, 5.74) is 0. The van der Waals surface area contributed by atoms with Crippen molar-refractivity contribution >= 4 is 0 Å². The van der Waals surface area contributed by atoms with Crippen LogP contribution in [-0.2, 0) is 0 Å². The van der Waals surface area contributed by atoms with Crippen LogP contribution in [0.4, 0.5) is 0 Å². The molecule has 64 valence electrons. The fourth-order valence-corrected chi connectivity index (χ4v) is 1.23. The third kappa shape index (κ3) is 5.98. The van der Waals surface area contributed by atoms with Gasteiger partial charge in [-0.15, -0.1) is 5.92 Å². The zero-order valence-corrected chi connectivity index (χ0v) is 8.11. The molecule has 0 rings (SSSR count). The first kappa shape index (κ1) is 10.6. The molecule has 0 bridgehead atoms. The lowest BCUT2D eigenvalue weighted by molar-refractivity contribution is 0.546. The second-order valence-corrected chi connectivity index (χ2v) is 2.95. The highest BCUT2D eigenvalue weighted by Crippen LogP contribution is 2.11. The zero-order valence-electron chi connectivity index (χ0n) is 8.11. The molecule has 0 atom stereocenters. The molecule has 0 aliphatic heterocycles. The standard InChI is InChI=1S/C11H20/c1-4-7-10-11(8-5-2)9-6-3/h11H,4-6,8-9H2,1-3H3. The van der Waals surface area contributed by atoms with Crippen LogP contribution in [0.3, 0.4) is 0 Å². The highest BCUT2D eigenvalue weighted by molar-refractivity contribution is 5.02. The van der Waals surface area contributed by atoms with Gasteiger partial charge in [0.25, 0.3) is 0 Å². The molecule has 0 aromatic heterocycles. The van der Waals surface area contributed by atoms with Gasteiger partial charge < -0.3 is 0 Å². The molecule has 0 aromatic carbocycles. The molecular weight excluding hydrogens is 132 g/mol. The minimum atomic E-state index is 0.671. The number of hydrogen-bond donors (Lipinski definition) is 0. The van der Waals surface area contributed by atoms with Gasteiger partial charge in [0.2, 0.25) is 0 Å². The Balaban J connectivity index is 3.68. The van der Waals surface area contributed by atoms with Crippen molar-refractivity contribution in [2.75, 3.05) is 0 Å². The third-order valence-electron chi connectivity index (χ3n) is 1.76. The van der Waals surface area contributed by atoms with Gasteiger partial charge in [-0.1, -0.05) is 39.5 Å². The van der Waals surface area contributed by atoms with Crippen molar-refractivity contribution in [3.8, 4) is 11.8 Å². The van der Waals surface area contributed by atoms with E-state index in [1.54, 1.807) is 0 Å². The van der Waals surface area contributed by atoms with E-state index in [-0.39, 0.29) is 0 Å². The summed E-state index contributed by atoms with van der Waals surface area (Å²) in [6.45, 7) is 6.58. The van der Waals surface area contributed by atoms with Gasteiger partial charge in [-0.2, -0.15) is 0 Å². The van der Waals surface area contributed by atoms with E-state index in [2.05, 4.69) is 32.6 Å². The Morgan fingerprint density at radius 1 is 1.00 bits per heavy atom. The van der Waals surface area contributed by atoms with Crippen molar-refractivity contribution < 1.29 is 0 Å². The summed E-state index contributed by atoms with van der Waals surface area (Å²) in [6.07, 6.45) is 6.09. The van der Waals surface area contributed by atoms with E-state index in [4.69, 9.17) is 0 Å². The summed E-state index contributed by atoms with van der Waals surface area (Å²) < 4.78 is 0. The maximum Gasteiger partial charge on any atom is 0.0202 e. The van der Waals surface area contributed by atoms with Crippen LogP contribution in [0, 0.1) is 17.8 Å². The normalized spacial score (nSPS) is 9.45. The molecule has 0 saturated heterocycles. The SMILES string of the molecule is CCC#CC(CCC)CCC. The fraction of sp³-hybridized carbons (Fsp3) is 0.818. The van der Waals surface area contributed by atoms with Crippen molar-refractivity contribution in [3.05, 3.63) is 0 Å². The monoisotopic (exact) mass is 152 g/mol. The van der Waals surface area contributed by atoms with E-state index in [9.17, 15) is 0 Å². The molecule has 0 nitrogen and oxygen atoms in total. The van der Waals surface area contributed by atoms with Crippen LogP contribution >= 0.6 is 0 Å². The number of rotatable bonds is 4. The Morgan fingerprint density at radius 2 is 1.55 bits per heavy atom. The fourth-order valence-electron chi connectivity index (χ4n) is 1.23. The molecule has 0 heterocycles. The molecule has 0 fully saturated rings. The summed E-state index contributed by atoms with van der Waals surface area (Å²) in [6, 6.07) is 0. The average molecular weight is 152 g/mol. The van der Waals surface area contributed by atoms with Gasteiger partial charge >= 0.3 is 0 Å². The Hall–Kier alpha value is -0.440. The summed E-state index contributed by atoms with van der Waals surface area (Å²) in [7, 11) is 0. The van der Waals surface area contributed by atoms with Crippen LogP contribution in [0.5, 0.6) is 0 Å². The van der Waals surface area contributed by atoms with E-state index < -0.39 is 0 Å². The molecule has 0 radical (unpaired) electrons. The van der Waals surface area contributed by atoms with Crippen LogP contribution in [0.25, 0.3) is 0 Å². The first-order valence-electron chi connectivity index (χ1n) is 4.83. The minimum absolute atomic E-state index is 0.671. The van der Waals surface area contributed by atoms with Gasteiger partial charge in [-0.05, 0) is 12.8 Å². The summed E-state index contributed by atoms with van der Waals surface area (Å²) in [5.74, 6) is 7.16. The van der Waals surface area contributed by atoms with Crippen LogP contribution in [-0.4, -0.2) is 0 Å². The molecule has 0 N–H and O–H groups in total. The Bertz CT molecular complexity index is 119. The van der Waals surface area contributed by atoms with Gasteiger partial charge in [-0.3, -0.25) is 0 Å². The molecular formula is C11H20. The average Bonchev–Trinajstić information content (AvgIpc) is 2.01. The lowest BCUT2D eigenvalue weighted by Gasteiger charge is -2.05.